The van der Waals surface area contributed by atoms with Gasteiger partial charge in [0.2, 0.25) is 0 Å². The van der Waals surface area contributed by atoms with Crippen LogP contribution in [-0.2, 0) is 12.8 Å². The Kier molecular flexibility index (Phi) is 9.34. The third kappa shape index (κ3) is 7.53. The van der Waals surface area contributed by atoms with Gasteiger partial charge in [0.25, 0.3) is 11.8 Å². The van der Waals surface area contributed by atoms with Gasteiger partial charge in [0.05, 0.1) is 16.6 Å². The number of benzene rings is 4. The highest BCUT2D eigenvalue weighted by atomic mass is 16.3. The molecule has 0 aliphatic carbocycles. The predicted molar refractivity (Wildman–Crippen MR) is 187 cm³/mol. The molecule has 0 saturated heterocycles. The highest BCUT2D eigenvalue weighted by molar-refractivity contribution is 6.12. The van der Waals surface area contributed by atoms with E-state index in [-0.39, 0.29) is 17.1 Å². The molecule has 47 heavy (non-hydrogen) atoms. The summed E-state index contributed by atoms with van der Waals surface area (Å²) in [4.78, 5) is 43.4. The molecule has 0 spiro atoms. The zero-order chi connectivity index (χ0) is 32.8. The smallest absolute Gasteiger partial charge is 0.291 e. The van der Waals surface area contributed by atoms with Gasteiger partial charge in [0.15, 0.2) is 11.2 Å². The molecule has 6 rings (SSSR count). The highest BCUT2D eigenvalue weighted by Gasteiger charge is 2.19. The van der Waals surface area contributed by atoms with Crippen molar-refractivity contribution in [3.63, 3.8) is 0 Å². The first kappa shape index (κ1) is 31.2. The van der Waals surface area contributed by atoms with Crippen molar-refractivity contribution >= 4 is 34.2 Å². The Morgan fingerprint density at radius 3 is 2.23 bits per heavy atom. The molecule has 0 radical (unpaired) electrons. The number of hydrogen-bond acceptors (Lipinski definition) is 5. The minimum atomic E-state index is -0.615. The minimum Gasteiger partial charge on any atom is -0.451 e. The van der Waals surface area contributed by atoms with E-state index in [4.69, 9.17) is 4.42 Å². The number of carbonyl (C=O) groups excluding carboxylic acids is 2. The van der Waals surface area contributed by atoms with Crippen LogP contribution in [0.25, 0.3) is 22.1 Å². The van der Waals surface area contributed by atoms with E-state index in [1.807, 2.05) is 50.4 Å². The number of nitrogens with zero attached hydrogens (tertiary/aromatic N) is 1. The van der Waals surface area contributed by atoms with Crippen LogP contribution in [0, 0.1) is 13.8 Å². The molecule has 0 bridgehead atoms. The molecule has 2 heterocycles. The molecule has 0 atom stereocenters. The lowest BCUT2D eigenvalue weighted by atomic mass is 10.00. The average molecular weight is 622 g/mol. The summed E-state index contributed by atoms with van der Waals surface area (Å²) in [5, 5.41) is 6.13. The van der Waals surface area contributed by atoms with Crippen LogP contribution in [0.3, 0.4) is 0 Å². The third-order valence-corrected chi connectivity index (χ3v) is 8.30. The van der Waals surface area contributed by atoms with Gasteiger partial charge in [-0.1, -0.05) is 54.6 Å². The maximum absolute atomic E-state index is 13.5. The number of amides is 2. The fourth-order valence-electron chi connectivity index (χ4n) is 5.56. The van der Waals surface area contributed by atoms with Crippen LogP contribution in [0.15, 0.2) is 125 Å². The second kappa shape index (κ2) is 14.1. The fraction of sp³-hybridized carbons (Fsp3) is 0.150. The van der Waals surface area contributed by atoms with E-state index in [2.05, 4.69) is 45.9 Å². The lowest BCUT2D eigenvalue weighted by Crippen LogP contribution is -2.20. The van der Waals surface area contributed by atoms with E-state index in [0.717, 1.165) is 42.4 Å². The Morgan fingerprint density at radius 1 is 0.702 bits per heavy atom. The maximum atomic E-state index is 13.5. The van der Waals surface area contributed by atoms with E-state index >= 15 is 0 Å². The Hall–Kier alpha value is -5.82. The van der Waals surface area contributed by atoms with Gasteiger partial charge in [-0.25, -0.2) is 0 Å². The number of anilines is 2. The Bertz CT molecular complexity index is 2120. The molecule has 234 valence electrons. The standard InChI is InChI=1S/C40H35N3O4/c1-26-21-34(35(22-27(26)2)43-40(46)38-24-36(44)33-14-5-6-15-37(33)47-38)39(45)42-32-18-16-28(17-19-32)9-3-4-10-29-11-7-12-30(23-29)31-13-8-20-41-25-31/h5-8,11-25H,3-4,9-10H2,1-2H3,(H,42,45)(H,43,46). The van der Waals surface area contributed by atoms with Gasteiger partial charge in [0, 0.05) is 24.1 Å². The highest BCUT2D eigenvalue weighted by Crippen LogP contribution is 2.25. The fourth-order valence-corrected chi connectivity index (χ4v) is 5.56. The molecule has 0 aliphatic rings. The summed E-state index contributed by atoms with van der Waals surface area (Å²) in [5.41, 5.74) is 7.92. The van der Waals surface area contributed by atoms with Crippen LogP contribution in [-0.4, -0.2) is 16.8 Å². The summed E-state index contributed by atoms with van der Waals surface area (Å²) in [6.07, 6.45) is 7.73. The van der Waals surface area contributed by atoms with E-state index in [1.54, 1.807) is 42.6 Å². The molecular weight excluding hydrogens is 586 g/mol. The summed E-state index contributed by atoms with van der Waals surface area (Å²) in [6.45, 7) is 3.81. The van der Waals surface area contributed by atoms with Crippen molar-refractivity contribution in [3.8, 4) is 11.1 Å². The molecule has 0 saturated carbocycles. The van der Waals surface area contributed by atoms with Gasteiger partial charge in [-0.05, 0) is 115 Å². The largest absolute Gasteiger partial charge is 0.451 e. The second-order valence-corrected chi connectivity index (χ2v) is 11.7. The van der Waals surface area contributed by atoms with Gasteiger partial charge >= 0.3 is 0 Å². The number of nitrogens with one attached hydrogen (secondary N) is 2. The van der Waals surface area contributed by atoms with Crippen LogP contribution in [0.5, 0.6) is 0 Å². The lowest BCUT2D eigenvalue weighted by molar-refractivity contribution is 0.0997. The molecule has 4 aromatic carbocycles. The Morgan fingerprint density at radius 2 is 1.45 bits per heavy atom. The van der Waals surface area contributed by atoms with E-state index < -0.39 is 5.91 Å². The topological polar surface area (TPSA) is 101 Å². The van der Waals surface area contributed by atoms with Gasteiger partial charge < -0.3 is 15.1 Å². The molecular formula is C40H35N3O4. The van der Waals surface area contributed by atoms with Crippen LogP contribution in [0.4, 0.5) is 11.4 Å². The minimum absolute atomic E-state index is 0.132. The summed E-state index contributed by atoms with van der Waals surface area (Å²) in [6, 6.07) is 31.9. The Balaban J connectivity index is 1.07. The lowest BCUT2D eigenvalue weighted by Gasteiger charge is -2.14. The molecule has 2 amide bonds. The molecule has 2 aromatic heterocycles. The number of rotatable bonds is 10. The third-order valence-electron chi connectivity index (χ3n) is 8.30. The predicted octanol–water partition coefficient (Wildman–Crippen LogP) is 8.54. The molecule has 7 nitrogen and oxygen atoms in total. The van der Waals surface area contributed by atoms with Crippen LogP contribution in [0.2, 0.25) is 0 Å². The maximum Gasteiger partial charge on any atom is 0.291 e. The molecule has 7 heteroatoms. The molecule has 6 aromatic rings. The quantitative estimate of drug-likeness (QED) is 0.149. The summed E-state index contributed by atoms with van der Waals surface area (Å²) in [7, 11) is 0. The van der Waals surface area contributed by atoms with Gasteiger partial charge in [-0.3, -0.25) is 19.4 Å². The van der Waals surface area contributed by atoms with Crippen molar-refractivity contribution in [1.82, 2.24) is 4.98 Å². The first-order chi connectivity index (χ1) is 22.8. The van der Waals surface area contributed by atoms with Crippen LogP contribution >= 0.6 is 0 Å². The molecule has 0 fully saturated rings. The molecule has 0 aliphatic heterocycles. The number of aromatic nitrogens is 1. The molecule has 2 N–H and O–H groups in total. The number of carbonyl (C=O) groups is 2. The number of hydrogen-bond donors (Lipinski definition) is 2. The van der Waals surface area contributed by atoms with Crippen molar-refractivity contribution in [3.05, 3.63) is 159 Å². The normalized spacial score (nSPS) is 10.9. The van der Waals surface area contributed by atoms with E-state index in [1.165, 1.54) is 22.8 Å². The van der Waals surface area contributed by atoms with Crippen molar-refractivity contribution in [2.45, 2.75) is 39.5 Å². The summed E-state index contributed by atoms with van der Waals surface area (Å²) in [5.74, 6) is -1.10. The first-order valence-corrected chi connectivity index (χ1v) is 15.7. The van der Waals surface area contributed by atoms with E-state index in [9.17, 15) is 14.4 Å². The van der Waals surface area contributed by atoms with Gasteiger partial charge in [-0.2, -0.15) is 0 Å². The van der Waals surface area contributed by atoms with Crippen molar-refractivity contribution in [2.75, 3.05) is 10.6 Å². The van der Waals surface area contributed by atoms with Gasteiger partial charge in [-0.15, -0.1) is 0 Å². The van der Waals surface area contributed by atoms with Crippen molar-refractivity contribution < 1.29 is 14.0 Å². The van der Waals surface area contributed by atoms with Crippen molar-refractivity contribution in [2.24, 2.45) is 0 Å². The Labute approximate surface area is 273 Å². The zero-order valence-electron chi connectivity index (χ0n) is 26.4. The zero-order valence-corrected chi connectivity index (χ0v) is 26.4. The summed E-state index contributed by atoms with van der Waals surface area (Å²) < 4.78 is 5.70. The van der Waals surface area contributed by atoms with Crippen LogP contribution < -0.4 is 16.1 Å². The number of unbranched alkanes of at least 4 members (excludes halogenated alkanes) is 1. The first-order valence-electron chi connectivity index (χ1n) is 15.7. The SMILES string of the molecule is Cc1cc(NC(=O)c2cc(=O)c3ccccc3o2)c(C(=O)Nc2ccc(CCCCc3cccc(-c4cccnc4)c3)cc2)cc1C. The van der Waals surface area contributed by atoms with Gasteiger partial charge in [0.1, 0.15) is 5.58 Å². The van der Waals surface area contributed by atoms with E-state index in [0.29, 0.717) is 27.9 Å². The van der Waals surface area contributed by atoms with Crippen molar-refractivity contribution in [1.29, 1.82) is 0 Å². The molecule has 0 unspecified atom stereocenters. The number of pyridine rings is 1. The number of fused-ring (bicyclic) bond motifs is 1. The monoisotopic (exact) mass is 621 g/mol. The number of para-hydroxylation sites is 1. The van der Waals surface area contributed by atoms with Crippen LogP contribution in [0.1, 0.15) is 56.0 Å². The number of aryl methyl sites for hydroxylation is 4. The average Bonchev–Trinajstić information content (AvgIpc) is 3.09. The second-order valence-electron chi connectivity index (χ2n) is 11.7. The summed E-state index contributed by atoms with van der Waals surface area (Å²) >= 11 is 0.